The van der Waals surface area contributed by atoms with Crippen LogP contribution in [-0.2, 0) is 9.84 Å². The van der Waals surface area contributed by atoms with Crippen LogP contribution < -0.4 is 0 Å². The van der Waals surface area contributed by atoms with Crippen LogP contribution in [0.25, 0.3) is 0 Å². The Morgan fingerprint density at radius 2 is 1.94 bits per heavy atom. The van der Waals surface area contributed by atoms with Crippen LogP contribution in [0.3, 0.4) is 0 Å². The van der Waals surface area contributed by atoms with Gasteiger partial charge >= 0.3 is 0 Å². The molecule has 0 bridgehead atoms. The molecule has 1 aromatic rings. The molecule has 94 valence electrons. The number of halogens is 2. The number of ketones is 1. The summed E-state index contributed by atoms with van der Waals surface area (Å²) in [6.45, 7) is 3.31. The largest absolute Gasteiger partial charge is 0.290 e. The Morgan fingerprint density at radius 1 is 1.41 bits per heavy atom. The molecule has 1 rings (SSSR count). The number of rotatable bonds is 4. The van der Waals surface area contributed by atoms with Crippen LogP contribution in [0.15, 0.2) is 24.3 Å². The van der Waals surface area contributed by atoms with Crippen molar-refractivity contribution in [3.63, 3.8) is 0 Å². The van der Waals surface area contributed by atoms with Crippen molar-refractivity contribution < 1.29 is 13.2 Å². The van der Waals surface area contributed by atoms with E-state index in [4.69, 9.17) is 0 Å². The SMILES string of the molecule is CCS(=O)(=O)C(Br)(I)C(=O)c1ccccc1C. The predicted molar refractivity (Wildman–Crippen MR) is 80.6 cm³/mol. The first-order chi connectivity index (χ1) is 7.74. The fraction of sp³-hybridized carbons (Fsp3) is 0.364. The van der Waals surface area contributed by atoms with E-state index in [2.05, 4.69) is 15.9 Å². The topological polar surface area (TPSA) is 51.2 Å². The van der Waals surface area contributed by atoms with Crippen molar-refractivity contribution in [1.29, 1.82) is 0 Å². The van der Waals surface area contributed by atoms with Gasteiger partial charge in [0.05, 0.1) is 5.75 Å². The molecule has 17 heavy (non-hydrogen) atoms. The van der Waals surface area contributed by atoms with Gasteiger partial charge < -0.3 is 0 Å². The molecule has 0 aliphatic rings. The van der Waals surface area contributed by atoms with Gasteiger partial charge in [0.2, 0.25) is 7.45 Å². The Morgan fingerprint density at radius 3 is 2.41 bits per heavy atom. The Hall–Kier alpha value is 0.0500. The van der Waals surface area contributed by atoms with Crippen molar-refractivity contribution >= 4 is 54.1 Å². The van der Waals surface area contributed by atoms with Gasteiger partial charge in [-0.25, -0.2) is 8.42 Å². The van der Waals surface area contributed by atoms with E-state index in [0.29, 0.717) is 5.56 Å². The van der Waals surface area contributed by atoms with Crippen LogP contribution in [0.2, 0.25) is 0 Å². The molecule has 0 aliphatic carbocycles. The fourth-order valence-corrected chi connectivity index (χ4v) is 4.19. The molecular formula is C11H12BrIO3S. The van der Waals surface area contributed by atoms with Crippen LogP contribution in [0.1, 0.15) is 22.8 Å². The maximum atomic E-state index is 12.3. The minimum Gasteiger partial charge on any atom is -0.290 e. The van der Waals surface area contributed by atoms with Crippen LogP contribution in [-0.4, -0.2) is 21.6 Å². The highest BCUT2D eigenvalue weighted by Crippen LogP contribution is 2.38. The second-order valence-electron chi connectivity index (χ2n) is 3.56. The first-order valence-corrected chi connectivity index (χ1v) is 8.47. The molecule has 0 amide bonds. The first-order valence-electron chi connectivity index (χ1n) is 4.94. The number of carbonyl (C=O) groups excluding carboxylic acids is 1. The van der Waals surface area contributed by atoms with E-state index in [0.717, 1.165) is 5.56 Å². The minimum atomic E-state index is -3.51. The molecule has 3 nitrogen and oxygen atoms in total. The van der Waals surface area contributed by atoms with Gasteiger partial charge in [-0.2, -0.15) is 0 Å². The average molecular weight is 431 g/mol. The van der Waals surface area contributed by atoms with Gasteiger partial charge in [-0.3, -0.25) is 4.79 Å². The van der Waals surface area contributed by atoms with E-state index in [9.17, 15) is 13.2 Å². The van der Waals surface area contributed by atoms with Crippen LogP contribution >= 0.6 is 38.5 Å². The second kappa shape index (κ2) is 5.36. The van der Waals surface area contributed by atoms with Gasteiger partial charge in [0.1, 0.15) is 0 Å². The summed E-state index contributed by atoms with van der Waals surface area (Å²) in [4.78, 5) is 12.3. The second-order valence-corrected chi connectivity index (χ2v) is 11.5. The summed E-state index contributed by atoms with van der Waals surface area (Å²) in [5.74, 6) is -0.517. The summed E-state index contributed by atoms with van der Waals surface area (Å²) in [7, 11) is -3.51. The number of Topliss-reactive ketones (excluding diaryl/α,β-unsaturated/α-hetero) is 1. The fourth-order valence-electron chi connectivity index (χ4n) is 1.31. The van der Waals surface area contributed by atoms with Gasteiger partial charge in [0.15, 0.2) is 9.84 Å². The third-order valence-corrected chi connectivity index (χ3v) is 8.49. The summed E-state index contributed by atoms with van der Waals surface area (Å²) in [5.41, 5.74) is 1.19. The molecule has 0 aromatic heterocycles. The highest BCUT2D eigenvalue weighted by molar-refractivity contribution is 14.1. The van der Waals surface area contributed by atoms with Gasteiger partial charge in [-0.15, -0.1) is 0 Å². The molecule has 0 fully saturated rings. The zero-order valence-electron chi connectivity index (χ0n) is 9.41. The lowest BCUT2D eigenvalue weighted by atomic mass is 10.1. The highest BCUT2D eigenvalue weighted by Gasteiger charge is 2.45. The number of hydrogen-bond acceptors (Lipinski definition) is 3. The van der Waals surface area contributed by atoms with Gasteiger partial charge in [0.25, 0.3) is 0 Å². The van der Waals surface area contributed by atoms with Crippen LogP contribution in [0.4, 0.5) is 0 Å². The lowest BCUT2D eigenvalue weighted by molar-refractivity contribution is 0.101. The third-order valence-electron chi connectivity index (χ3n) is 2.42. The molecule has 0 N–H and O–H groups in total. The van der Waals surface area contributed by atoms with Crippen LogP contribution in [0.5, 0.6) is 0 Å². The van der Waals surface area contributed by atoms with E-state index in [1.165, 1.54) is 6.92 Å². The van der Waals surface area contributed by atoms with Crippen molar-refractivity contribution in [2.24, 2.45) is 0 Å². The zero-order chi connectivity index (χ0) is 13.3. The molecule has 6 heteroatoms. The number of alkyl halides is 2. The molecule has 1 unspecified atom stereocenters. The van der Waals surface area contributed by atoms with Gasteiger partial charge in [-0.1, -0.05) is 31.2 Å². The number of aryl methyl sites for hydroxylation is 1. The monoisotopic (exact) mass is 430 g/mol. The maximum Gasteiger partial charge on any atom is 0.239 e. The van der Waals surface area contributed by atoms with E-state index < -0.39 is 17.3 Å². The normalized spacial score (nSPS) is 15.3. The summed E-state index contributed by atoms with van der Waals surface area (Å²) < 4.78 is 22.2. The average Bonchev–Trinajstić information content (AvgIpc) is 2.28. The van der Waals surface area contributed by atoms with Gasteiger partial charge in [0, 0.05) is 5.56 Å². The summed E-state index contributed by atoms with van der Waals surface area (Å²) in [5, 5.41) is 0. The first kappa shape index (κ1) is 15.1. The van der Waals surface area contributed by atoms with Crippen molar-refractivity contribution in [1.82, 2.24) is 0 Å². The number of sulfone groups is 1. The molecule has 0 radical (unpaired) electrons. The number of hydrogen-bond donors (Lipinski definition) is 0. The molecular weight excluding hydrogens is 419 g/mol. The third kappa shape index (κ3) is 2.90. The Balaban J connectivity index is 3.28. The van der Waals surface area contributed by atoms with Crippen molar-refractivity contribution in [2.45, 2.75) is 15.5 Å². The van der Waals surface area contributed by atoms with Crippen molar-refractivity contribution in [2.75, 3.05) is 5.75 Å². The van der Waals surface area contributed by atoms with Crippen molar-refractivity contribution in [3.8, 4) is 0 Å². The maximum absolute atomic E-state index is 12.3. The summed E-state index contributed by atoms with van der Waals surface area (Å²) >= 11 is 4.69. The Kier molecular flexibility index (Phi) is 4.76. The summed E-state index contributed by atoms with van der Waals surface area (Å²) in [6, 6.07) is 6.95. The molecule has 0 saturated heterocycles. The smallest absolute Gasteiger partial charge is 0.239 e. The molecule has 0 spiro atoms. The lowest BCUT2D eigenvalue weighted by Gasteiger charge is -2.19. The number of carbonyl (C=O) groups is 1. The quantitative estimate of drug-likeness (QED) is 0.419. The predicted octanol–water partition coefficient (Wildman–Crippen LogP) is 3.10. The minimum absolute atomic E-state index is 0.0845. The van der Waals surface area contributed by atoms with Gasteiger partial charge in [-0.05, 0) is 51.0 Å². The molecule has 0 heterocycles. The van der Waals surface area contributed by atoms with E-state index in [1.54, 1.807) is 47.7 Å². The van der Waals surface area contributed by atoms with Crippen LogP contribution in [0, 0.1) is 6.92 Å². The highest BCUT2D eigenvalue weighted by atomic mass is 127. The molecule has 1 aromatic carbocycles. The van der Waals surface area contributed by atoms with E-state index in [1.807, 2.05) is 6.07 Å². The Labute approximate surface area is 123 Å². The molecule has 0 saturated carbocycles. The van der Waals surface area contributed by atoms with E-state index >= 15 is 0 Å². The Bertz CT molecular complexity index is 537. The zero-order valence-corrected chi connectivity index (χ0v) is 14.0. The number of benzene rings is 1. The lowest BCUT2D eigenvalue weighted by Crippen LogP contribution is -2.36. The molecule has 0 aliphatic heterocycles. The van der Waals surface area contributed by atoms with E-state index in [-0.39, 0.29) is 5.75 Å². The summed E-state index contributed by atoms with van der Waals surface area (Å²) in [6.07, 6.45) is 0. The standard InChI is InChI=1S/C11H12BrIO3S/c1-3-17(15,16)11(12,13)10(14)9-7-5-4-6-8(9)2/h4-7H,3H2,1-2H3. The molecule has 1 atom stereocenters. The van der Waals surface area contributed by atoms with Crippen molar-refractivity contribution in [3.05, 3.63) is 35.4 Å².